The molecule has 3 aromatic rings. The number of aromatic nitrogens is 3. The summed E-state index contributed by atoms with van der Waals surface area (Å²) in [5.41, 5.74) is 0.292. The van der Waals surface area contributed by atoms with Crippen LogP contribution in [0.15, 0.2) is 64.1 Å². The topological polar surface area (TPSA) is 96.7 Å². The van der Waals surface area contributed by atoms with E-state index in [4.69, 9.17) is 9.72 Å². The lowest BCUT2D eigenvalue weighted by atomic mass is 10.0. The lowest BCUT2D eigenvalue weighted by molar-refractivity contribution is -0.0963. The van der Waals surface area contributed by atoms with Gasteiger partial charge in [0.2, 0.25) is 5.88 Å². The first-order chi connectivity index (χ1) is 19.7. The molecule has 4 heterocycles. The van der Waals surface area contributed by atoms with E-state index in [0.717, 1.165) is 19.0 Å². The fraction of sp³-hybridized carbons (Fsp3) is 0.357. The average molecular weight is 570 g/mol. The van der Waals surface area contributed by atoms with Gasteiger partial charge in [-0.05, 0) is 43.4 Å². The van der Waals surface area contributed by atoms with Gasteiger partial charge in [0.1, 0.15) is 23.3 Å². The zero-order valence-electron chi connectivity index (χ0n) is 22.2. The van der Waals surface area contributed by atoms with Gasteiger partial charge in [-0.15, -0.1) is 0 Å². The smallest absolute Gasteiger partial charge is 0.432 e. The van der Waals surface area contributed by atoms with E-state index >= 15 is 4.39 Å². The van der Waals surface area contributed by atoms with Gasteiger partial charge in [-0.2, -0.15) is 13.2 Å². The molecule has 0 bridgehead atoms. The number of methoxy groups -OCH3 is 1. The molecule has 1 aromatic carbocycles. The predicted molar refractivity (Wildman–Crippen MR) is 144 cm³/mol. The minimum atomic E-state index is -4.58. The minimum absolute atomic E-state index is 0.00982. The lowest BCUT2D eigenvalue weighted by Crippen LogP contribution is -2.31. The first kappa shape index (κ1) is 26.8. The summed E-state index contributed by atoms with van der Waals surface area (Å²) in [6.07, 6.45) is 0.655. The van der Waals surface area contributed by atoms with E-state index < -0.39 is 23.9 Å². The molecule has 2 aromatic heterocycles. The molecule has 0 radical (unpaired) electrons. The molecular weight excluding hydrogens is 542 g/mol. The third-order valence-electron chi connectivity index (χ3n) is 7.50. The monoisotopic (exact) mass is 569 g/mol. The molecule has 3 aliphatic rings. The Labute approximate surface area is 232 Å². The van der Waals surface area contributed by atoms with Crippen LogP contribution in [0.25, 0.3) is 16.6 Å². The number of fused-ring (bicyclic) bond motifs is 1. The van der Waals surface area contributed by atoms with Crippen molar-refractivity contribution in [2.75, 3.05) is 13.7 Å². The van der Waals surface area contributed by atoms with Crippen LogP contribution < -0.4 is 16.2 Å². The summed E-state index contributed by atoms with van der Waals surface area (Å²) in [6.45, 7) is 1.92. The maximum absolute atomic E-state index is 15.3. The summed E-state index contributed by atoms with van der Waals surface area (Å²) >= 11 is 0. The highest BCUT2D eigenvalue weighted by Crippen LogP contribution is 2.42. The van der Waals surface area contributed by atoms with E-state index in [1.165, 1.54) is 27.7 Å². The Balaban J connectivity index is 1.34. The molecule has 1 saturated carbocycles. The number of alkyl halides is 3. The number of hydrogen-bond acceptors (Lipinski definition) is 8. The van der Waals surface area contributed by atoms with Crippen LogP contribution in [-0.4, -0.2) is 51.6 Å². The molecule has 2 unspecified atom stereocenters. The van der Waals surface area contributed by atoms with Gasteiger partial charge in [0.05, 0.1) is 31.6 Å². The second-order valence-electron chi connectivity index (χ2n) is 10.2. The van der Waals surface area contributed by atoms with Gasteiger partial charge in [0, 0.05) is 36.0 Å². The van der Waals surface area contributed by atoms with Crippen LogP contribution in [-0.2, 0) is 11.3 Å². The summed E-state index contributed by atoms with van der Waals surface area (Å²) < 4.78 is 62.1. The quantitative estimate of drug-likeness (QED) is 0.415. The summed E-state index contributed by atoms with van der Waals surface area (Å²) in [5.74, 6) is 0.528. The molecule has 41 heavy (non-hydrogen) atoms. The van der Waals surface area contributed by atoms with Gasteiger partial charge in [-0.25, -0.2) is 14.4 Å². The maximum atomic E-state index is 15.3. The van der Waals surface area contributed by atoms with E-state index in [-0.39, 0.29) is 30.3 Å². The molecule has 2 N–H and O–H groups in total. The van der Waals surface area contributed by atoms with Gasteiger partial charge < -0.3 is 20.3 Å². The highest BCUT2D eigenvalue weighted by Gasteiger charge is 2.41. The highest BCUT2D eigenvalue weighted by atomic mass is 19.4. The molecule has 214 valence electrons. The Kier molecular flexibility index (Phi) is 6.66. The van der Waals surface area contributed by atoms with Crippen molar-refractivity contribution in [3.8, 4) is 0 Å². The van der Waals surface area contributed by atoms with Crippen LogP contribution in [0.3, 0.4) is 0 Å². The lowest BCUT2D eigenvalue weighted by Gasteiger charge is -2.25. The predicted octanol–water partition coefficient (Wildman–Crippen LogP) is 4.03. The SMILES string of the molecule is CCN1C=C(C(F)(F)F)NC1c1ccc(Cn2c(=O)ccc3cnc(C4=C(OC)NC=NC4C4CC4)nc32)cc1F. The first-order valence-electron chi connectivity index (χ1n) is 13.2. The number of hydrogen-bond donors (Lipinski definition) is 2. The van der Waals surface area contributed by atoms with Crippen molar-refractivity contribution >= 4 is 22.9 Å². The molecule has 6 rings (SSSR count). The molecule has 0 amide bonds. The van der Waals surface area contributed by atoms with Gasteiger partial charge in [-0.1, -0.05) is 12.1 Å². The Morgan fingerprint density at radius 3 is 2.66 bits per heavy atom. The van der Waals surface area contributed by atoms with Crippen molar-refractivity contribution in [3.05, 3.63) is 87.4 Å². The van der Waals surface area contributed by atoms with Crippen LogP contribution in [0.1, 0.15) is 42.9 Å². The normalized spacial score (nSPS) is 20.7. The van der Waals surface area contributed by atoms with Crippen LogP contribution in [0, 0.1) is 11.7 Å². The number of allylic oxidation sites excluding steroid dienone is 1. The van der Waals surface area contributed by atoms with E-state index in [2.05, 4.69) is 20.6 Å². The fourth-order valence-electron chi connectivity index (χ4n) is 5.26. The molecular formula is C28H27F4N7O2. The molecule has 1 fully saturated rings. The van der Waals surface area contributed by atoms with Crippen molar-refractivity contribution < 1.29 is 22.3 Å². The first-order valence-corrected chi connectivity index (χ1v) is 13.2. The number of aliphatic imine (C=N–C) groups is 1. The van der Waals surface area contributed by atoms with Gasteiger partial charge in [-0.3, -0.25) is 14.4 Å². The number of ether oxygens (including phenoxy) is 1. The largest absolute Gasteiger partial charge is 0.482 e. The molecule has 1 aliphatic carbocycles. The Morgan fingerprint density at radius 1 is 1.17 bits per heavy atom. The molecule has 2 aliphatic heterocycles. The van der Waals surface area contributed by atoms with Crippen molar-refractivity contribution in [1.29, 1.82) is 0 Å². The number of nitrogens with zero attached hydrogens (tertiary/aromatic N) is 5. The number of pyridine rings is 1. The third kappa shape index (κ3) is 5.00. The summed E-state index contributed by atoms with van der Waals surface area (Å²) in [7, 11) is 1.54. The second kappa shape index (κ2) is 10.2. The van der Waals surface area contributed by atoms with Gasteiger partial charge in [0.15, 0.2) is 5.82 Å². The summed E-state index contributed by atoms with van der Waals surface area (Å²) in [5, 5.41) is 5.98. The van der Waals surface area contributed by atoms with Crippen molar-refractivity contribution in [1.82, 2.24) is 30.1 Å². The summed E-state index contributed by atoms with van der Waals surface area (Å²) in [4.78, 5) is 28.3. The van der Waals surface area contributed by atoms with Crippen LogP contribution in [0.2, 0.25) is 0 Å². The maximum Gasteiger partial charge on any atom is 0.432 e. The standard InChI is InChI=1S/C28H27F4N7O2/c1-3-38-13-20(28(30,31)32)36-26(38)18-8-4-15(10-19(18)29)12-39-21(40)9-7-17-11-33-24(37-25(17)39)22-23(16-5-6-16)34-14-35-27(22)41-2/h4,7-11,13-14,16,23,26,36H,3,5-6,12H2,1-2H3,(H,34,35). The molecule has 9 nitrogen and oxygen atoms in total. The van der Waals surface area contributed by atoms with Crippen LogP contribution in [0.5, 0.6) is 0 Å². The van der Waals surface area contributed by atoms with E-state index in [0.29, 0.717) is 39.8 Å². The average Bonchev–Trinajstić information content (AvgIpc) is 3.71. The second-order valence-corrected chi connectivity index (χ2v) is 10.2. The Hall–Kier alpha value is -4.42. The van der Waals surface area contributed by atoms with Crippen molar-refractivity contribution in [3.63, 3.8) is 0 Å². The summed E-state index contributed by atoms with van der Waals surface area (Å²) in [6, 6.07) is 7.12. The number of nitrogens with one attached hydrogen (secondary N) is 2. The van der Waals surface area contributed by atoms with E-state index in [1.54, 1.807) is 38.7 Å². The molecule has 0 saturated heterocycles. The number of halogens is 4. The molecule has 2 atom stereocenters. The van der Waals surface area contributed by atoms with Crippen LogP contribution in [0.4, 0.5) is 17.6 Å². The molecule has 13 heteroatoms. The van der Waals surface area contributed by atoms with Crippen molar-refractivity contribution in [2.45, 2.75) is 44.7 Å². The zero-order chi connectivity index (χ0) is 28.9. The third-order valence-corrected chi connectivity index (χ3v) is 7.50. The van der Waals surface area contributed by atoms with Crippen molar-refractivity contribution in [2.24, 2.45) is 10.9 Å². The zero-order valence-corrected chi connectivity index (χ0v) is 22.2. The van der Waals surface area contributed by atoms with E-state index in [9.17, 15) is 18.0 Å². The van der Waals surface area contributed by atoms with Crippen LogP contribution >= 0.6 is 0 Å². The fourth-order valence-corrected chi connectivity index (χ4v) is 5.26. The molecule has 0 spiro atoms. The number of benzene rings is 1. The van der Waals surface area contributed by atoms with Gasteiger partial charge >= 0.3 is 6.18 Å². The highest BCUT2D eigenvalue weighted by molar-refractivity contribution is 5.80. The van der Waals surface area contributed by atoms with Gasteiger partial charge in [0.25, 0.3) is 5.56 Å². The Bertz CT molecular complexity index is 1660. The Morgan fingerprint density at radius 2 is 1.98 bits per heavy atom. The van der Waals surface area contributed by atoms with E-state index in [1.807, 2.05) is 0 Å². The minimum Gasteiger partial charge on any atom is -0.482 e. The number of rotatable bonds is 7.